The van der Waals surface area contributed by atoms with Crippen molar-refractivity contribution >= 4 is 23.2 Å². The molecule has 88 valence electrons. The first kappa shape index (κ1) is 12.2. The van der Waals surface area contributed by atoms with Gasteiger partial charge in [0.25, 0.3) is 0 Å². The molecule has 1 saturated heterocycles. The van der Waals surface area contributed by atoms with Crippen LogP contribution in [-0.2, 0) is 0 Å². The Kier molecular flexibility index (Phi) is 4.09. The molecule has 0 aromatic heterocycles. The molecule has 1 aromatic rings. The van der Waals surface area contributed by atoms with Crippen LogP contribution < -0.4 is 5.32 Å². The van der Waals surface area contributed by atoms with Crippen LogP contribution in [0.3, 0.4) is 0 Å². The summed E-state index contributed by atoms with van der Waals surface area (Å²) in [4.78, 5) is 0. The first-order chi connectivity index (χ1) is 7.72. The van der Waals surface area contributed by atoms with E-state index in [9.17, 15) is 0 Å². The van der Waals surface area contributed by atoms with Crippen LogP contribution in [0.1, 0.15) is 17.9 Å². The number of aliphatic hydroxyl groups excluding tert-OH is 1. The molecule has 0 radical (unpaired) electrons. The maximum Gasteiger partial charge on any atom is 0.0595 e. The zero-order valence-corrected chi connectivity index (χ0v) is 10.4. The van der Waals surface area contributed by atoms with E-state index >= 15 is 0 Å². The van der Waals surface area contributed by atoms with Gasteiger partial charge in [0, 0.05) is 19.1 Å². The van der Waals surface area contributed by atoms with Gasteiger partial charge >= 0.3 is 0 Å². The van der Waals surface area contributed by atoms with E-state index in [1.165, 1.54) is 5.56 Å². The van der Waals surface area contributed by atoms with E-state index in [1.54, 1.807) is 0 Å². The van der Waals surface area contributed by atoms with Crippen molar-refractivity contribution in [3.05, 3.63) is 33.8 Å². The van der Waals surface area contributed by atoms with Crippen molar-refractivity contribution in [2.24, 2.45) is 5.92 Å². The Morgan fingerprint density at radius 2 is 2.06 bits per heavy atom. The summed E-state index contributed by atoms with van der Waals surface area (Å²) in [6.45, 7) is 2.15. The van der Waals surface area contributed by atoms with Crippen LogP contribution in [0.25, 0.3) is 0 Å². The average molecular weight is 260 g/mol. The van der Waals surface area contributed by atoms with Crippen LogP contribution in [0.5, 0.6) is 0 Å². The molecule has 0 amide bonds. The smallest absolute Gasteiger partial charge is 0.0595 e. The average Bonchev–Trinajstić information content (AvgIpc) is 2.71. The molecule has 0 unspecified atom stereocenters. The number of rotatable bonds is 3. The molecule has 1 heterocycles. The number of benzene rings is 1. The van der Waals surface area contributed by atoms with Gasteiger partial charge in [0.15, 0.2) is 0 Å². The number of hydrogen-bond acceptors (Lipinski definition) is 2. The van der Waals surface area contributed by atoms with Crippen molar-refractivity contribution in [3.8, 4) is 0 Å². The highest BCUT2D eigenvalue weighted by molar-refractivity contribution is 6.42. The van der Waals surface area contributed by atoms with E-state index in [4.69, 9.17) is 28.3 Å². The van der Waals surface area contributed by atoms with Crippen molar-refractivity contribution in [1.29, 1.82) is 0 Å². The monoisotopic (exact) mass is 259 g/mol. The number of halogens is 2. The Morgan fingerprint density at radius 1 is 1.25 bits per heavy atom. The molecule has 4 heteroatoms. The van der Waals surface area contributed by atoms with E-state index in [1.807, 2.05) is 18.2 Å². The van der Waals surface area contributed by atoms with Gasteiger partial charge in [0.2, 0.25) is 0 Å². The zero-order chi connectivity index (χ0) is 11.5. The van der Waals surface area contributed by atoms with E-state index < -0.39 is 0 Å². The Hall–Kier alpha value is -0.280. The van der Waals surface area contributed by atoms with E-state index in [0.717, 1.165) is 19.5 Å². The summed E-state index contributed by atoms with van der Waals surface area (Å²) in [6, 6.07) is 5.80. The SMILES string of the molecule is OCC[C@@H]1CNC[C@@H]1c1ccc(Cl)c(Cl)c1. The Bertz CT molecular complexity index is 370. The summed E-state index contributed by atoms with van der Waals surface area (Å²) in [6.07, 6.45) is 0.831. The maximum atomic E-state index is 9.02. The summed E-state index contributed by atoms with van der Waals surface area (Å²) in [5.74, 6) is 0.921. The van der Waals surface area contributed by atoms with E-state index in [2.05, 4.69) is 5.32 Å². The third-order valence-corrected chi connectivity index (χ3v) is 3.95. The molecule has 0 aliphatic carbocycles. The Morgan fingerprint density at radius 3 is 2.75 bits per heavy atom. The second-order valence-corrected chi connectivity index (χ2v) is 5.03. The minimum atomic E-state index is 0.240. The predicted octanol–water partition coefficient (Wildman–Crippen LogP) is 2.68. The summed E-state index contributed by atoms with van der Waals surface area (Å²) in [7, 11) is 0. The largest absolute Gasteiger partial charge is 0.396 e. The fourth-order valence-corrected chi connectivity index (χ4v) is 2.64. The summed E-state index contributed by atoms with van der Waals surface area (Å²) < 4.78 is 0. The molecule has 0 bridgehead atoms. The van der Waals surface area contributed by atoms with Crippen LogP contribution in [0.2, 0.25) is 10.0 Å². The molecule has 1 fully saturated rings. The van der Waals surface area contributed by atoms with Gasteiger partial charge in [-0.05, 0) is 36.6 Å². The molecule has 2 atom stereocenters. The molecule has 1 aliphatic heterocycles. The maximum absolute atomic E-state index is 9.02. The zero-order valence-electron chi connectivity index (χ0n) is 8.92. The molecule has 2 nitrogen and oxygen atoms in total. The summed E-state index contributed by atoms with van der Waals surface area (Å²) >= 11 is 11.9. The standard InChI is InChI=1S/C12H15Cl2NO/c13-11-2-1-8(5-12(11)14)10-7-15-6-9(10)3-4-16/h1-2,5,9-10,15-16H,3-4,6-7H2/t9-,10-/m1/s1. The minimum absolute atomic E-state index is 0.240. The second-order valence-electron chi connectivity index (χ2n) is 4.21. The van der Waals surface area contributed by atoms with Crippen LogP contribution in [0.4, 0.5) is 0 Å². The van der Waals surface area contributed by atoms with Crippen molar-refractivity contribution in [1.82, 2.24) is 5.32 Å². The van der Waals surface area contributed by atoms with Crippen molar-refractivity contribution in [2.75, 3.05) is 19.7 Å². The van der Waals surface area contributed by atoms with Crippen LogP contribution in [0.15, 0.2) is 18.2 Å². The van der Waals surface area contributed by atoms with Crippen molar-refractivity contribution in [3.63, 3.8) is 0 Å². The molecular formula is C12H15Cl2NO. The third kappa shape index (κ3) is 2.51. The van der Waals surface area contributed by atoms with Crippen molar-refractivity contribution in [2.45, 2.75) is 12.3 Å². The summed E-state index contributed by atoms with van der Waals surface area (Å²) in [5.41, 5.74) is 1.21. The van der Waals surface area contributed by atoms with Gasteiger partial charge in [-0.1, -0.05) is 29.3 Å². The molecule has 0 saturated carbocycles. The molecule has 2 rings (SSSR count). The lowest BCUT2D eigenvalue weighted by Gasteiger charge is -2.18. The molecule has 1 aromatic carbocycles. The Labute approximate surface area is 106 Å². The fourth-order valence-electron chi connectivity index (χ4n) is 2.34. The van der Waals surface area contributed by atoms with Gasteiger partial charge in [-0.25, -0.2) is 0 Å². The van der Waals surface area contributed by atoms with Crippen LogP contribution in [0, 0.1) is 5.92 Å². The van der Waals surface area contributed by atoms with Gasteiger partial charge in [-0.2, -0.15) is 0 Å². The first-order valence-corrected chi connectivity index (χ1v) is 6.24. The second kappa shape index (κ2) is 5.37. The number of nitrogens with one attached hydrogen (secondary N) is 1. The highest BCUT2D eigenvalue weighted by Crippen LogP contribution is 2.33. The van der Waals surface area contributed by atoms with E-state index in [-0.39, 0.29) is 6.61 Å². The number of hydrogen-bond donors (Lipinski definition) is 2. The molecule has 1 aliphatic rings. The van der Waals surface area contributed by atoms with Crippen molar-refractivity contribution < 1.29 is 5.11 Å². The number of aliphatic hydroxyl groups is 1. The molecular weight excluding hydrogens is 245 g/mol. The van der Waals surface area contributed by atoms with Gasteiger partial charge in [-0.3, -0.25) is 0 Å². The van der Waals surface area contributed by atoms with Crippen LogP contribution in [-0.4, -0.2) is 24.8 Å². The Balaban J connectivity index is 2.19. The predicted molar refractivity (Wildman–Crippen MR) is 67.3 cm³/mol. The quantitative estimate of drug-likeness (QED) is 0.875. The summed E-state index contributed by atoms with van der Waals surface area (Å²) in [5, 5.41) is 13.6. The molecule has 2 N–H and O–H groups in total. The highest BCUT2D eigenvalue weighted by atomic mass is 35.5. The molecule has 16 heavy (non-hydrogen) atoms. The fraction of sp³-hybridized carbons (Fsp3) is 0.500. The van der Waals surface area contributed by atoms with Gasteiger partial charge in [0.05, 0.1) is 10.0 Å². The van der Waals surface area contributed by atoms with Gasteiger partial charge in [0.1, 0.15) is 0 Å². The first-order valence-electron chi connectivity index (χ1n) is 5.49. The van der Waals surface area contributed by atoms with E-state index in [0.29, 0.717) is 21.9 Å². The highest BCUT2D eigenvalue weighted by Gasteiger charge is 2.27. The minimum Gasteiger partial charge on any atom is -0.396 e. The topological polar surface area (TPSA) is 32.3 Å². The molecule has 0 spiro atoms. The van der Waals surface area contributed by atoms with Gasteiger partial charge in [-0.15, -0.1) is 0 Å². The lowest BCUT2D eigenvalue weighted by atomic mass is 9.87. The van der Waals surface area contributed by atoms with Crippen LogP contribution >= 0.6 is 23.2 Å². The third-order valence-electron chi connectivity index (χ3n) is 3.21. The lowest BCUT2D eigenvalue weighted by Crippen LogP contribution is -2.12. The lowest BCUT2D eigenvalue weighted by molar-refractivity contribution is 0.256. The normalized spacial score (nSPS) is 24.9. The van der Waals surface area contributed by atoms with Gasteiger partial charge < -0.3 is 10.4 Å².